The highest BCUT2D eigenvalue weighted by Gasteiger charge is 2.10. The number of amides is 1. The molecule has 0 bridgehead atoms. The molecule has 10 heteroatoms. The summed E-state index contributed by atoms with van der Waals surface area (Å²) in [5.74, 6) is 0.194. The third kappa shape index (κ3) is 6.30. The zero-order valence-corrected chi connectivity index (χ0v) is 17.6. The van der Waals surface area contributed by atoms with Crippen LogP contribution in [0.15, 0.2) is 53.9 Å². The van der Waals surface area contributed by atoms with Crippen molar-refractivity contribution in [2.75, 3.05) is 22.9 Å². The fourth-order valence-corrected chi connectivity index (χ4v) is 3.79. The van der Waals surface area contributed by atoms with Crippen LogP contribution in [0.4, 0.5) is 10.8 Å². The number of aromatic nitrogens is 1. The Kier molecular flexibility index (Phi) is 6.66. The van der Waals surface area contributed by atoms with Gasteiger partial charge in [0.1, 0.15) is 5.75 Å². The first-order valence-corrected chi connectivity index (χ1v) is 11.5. The molecular formula is C20H18N4O4S2. The van der Waals surface area contributed by atoms with Crippen molar-refractivity contribution in [3.63, 3.8) is 0 Å². The Morgan fingerprint density at radius 1 is 1.17 bits per heavy atom. The standard InChI is InChI=1S/C20H18N4O4S2/c1-30(26,27)24-16-6-4-15(5-7-16)18-13-29-20(22-18)23-19(25)12-28-17-8-2-14(3-9-17)10-11-21/h2-9,13,24H,10,12H2,1H3,(H,22,23,25). The molecule has 0 aliphatic rings. The van der Waals surface area contributed by atoms with E-state index in [1.54, 1.807) is 53.9 Å². The third-order valence-electron chi connectivity index (χ3n) is 3.81. The van der Waals surface area contributed by atoms with Crippen LogP contribution in [0.5, 0.6) is 5.75 Å². The van der Waals surface area contributed by atoms with E-state index in [9.17, 15) is 13.2 Å². The van der Waals surface area contributed by atoms with Crippen molar-refractivity contribution in [2.45, 2.75) is 6.42 Å². The summed E-state index contributed by atoms with van der Waals surface area (Å²) < 4.78 is 30.4. The fraction of sp³-hybridized carbons (Fsp3) is 0.150. The van der Waals surface area contributed by atoms with Crippen molar-refractivity contribution < 1.29 is 17.9 Å². The number of nitrogens with zero attached hydrogens (tertiary/aromatic N) is 2. The topological polar surface area (TPSA) is 121 Å². The van der Waals surface area contributed by atoms with Crippen LogP contribution in [0.1, 0.15) is 5.56 Å². The van der Waals surface area contributed by atoms with E-state index in [0.717, 1.165) is 17.4 Å². The van der Waals surface area contributed by atoms with Gasteiger partial charge in [0.2, 0.25) is 10.0 Å². The number of thiazole rings is 1. The van der Waals surface area contributed by atoms with E-state index in [2.05, 4.69) is 21.1 Å². The van der Waals surface area contributed by atoms with E-state index >= 15 is 0 Å². The lowest BCUT2D eigenvalue weighted by Crippen LogP contribution is -2.20. The number of anilines is 2. The molecule has 0 aliphatic carbocycles. The van der Waals surface area contributed by atoms with Gasteiger partial charge in [-0.1, -0.05) is 24.3 Å². The van der Waals surface area contributed by atoms with Gasteiger partial charge in [-0.3, -0.25) is 14.8 Å². The first kappa shape index (κ1) is 21.3. The Balaban J connectivity index is 1.54. The van der Waals surface area contributed by atoms with Crippen molar-refractivity contribution >= 4 is 38.1 Å². The minimum atomic E-state index is -3.33. The van der Waals surface area contributed by atoms with Gasteiger partial charge in [0.05, 0.1) is 24.4 Å². The summed E-state index contributed by atoms with van der Waals surface area (Å²) in [6.07, 6.45) is 1.41. The number of ether oxygens (including phenoxy) is 1. The summed E-state index contributed by atoms with van der Waals surface area (Å²) in [5, 5.41) is 13.6. The SMILES string of the molecule is CS(=O)(=O)Nc1ccc(-c2csc(NC(=O)COc3ccc(CC#N)cc3)n2)cc1. The zero-order valence-electron chi connectivity index (χ0n) is 16.0. The van der Waals surface area contributed by atoms with Gasteiger partial charge >= 0.3 is 0 Å². The molecule has 30 heavy (non-hydrogen) atoms. The number of hydrogen-bond acceptors (Lipinski definition) is 7. The maximum absolute atomic E-state index is 12.1. The van der Waals surface area contributed by atoms with Gasteiger partial charge in [-0.2, -0.15) is 5.26 Å². The van der Waals surface area contributed by atoms with E-state index in [-0.39, 0.29) is 12.5 Å². The smallest absolute Gasteiger partial charge is 0.264 e. The zero-order chi connectivity index (χ0) is 21.6. The van der Waals surface area contributed by atoms with Gasteiger partial charge in [0.25, 0.3) is 5.91 Å². The van der Waals surface area contributed by atoms with Crippen LogP contribution in [-0.2, 0) is 21.2 Å². The lowest BCUT2D eigenvalue weighted by atomic mass is 10.1. The lowest BCUT2D eigenvalue weighted by molar-refractivity contribution is -0.118. The molecule has 0 atom stereocenters. The molecule has 3 rings (SSSR count). The summed E-state index contributed by atoms with van der Waals surface area (Å²) in [7, 11) is -3.33. The Hall–Kier alpha value is -3.42. The van der Waals surface area contributed by atoms with Crippen LogP contribution in [0.25, 0.3) is 11.3 Å². The normalized spacial score (nSPS) is 10.8. The molecule has 0 fully saturated rings. The summed E-state index contributed by atoms with van der Waals surface area (Å²) in [6.45, 7) is -0.168. The Morgan fingerprint density at radius 3 is 2.50 bits per heavy atom. The number of rotatable bonds is 8. The van der Waals surface area contributed by atoms with E-state index in [1.165, 1.54) is 11.3 Å². The minimum Gasteiger partial charge on any atom is -0.484 e. The maximum Gasteiger partial charge on any atom is 0.264 e. The average Bonchev–Trinajstić information content (AvgIpc) is 3.15. The molecule has 2 N–H and O–H groups in total. The van der Waals surface area contributed by atoms with Crippen LogP contribution in [0.3, 0.4) is 0 Å². The lowest BCUT2D eigenvalue weighted by Gasteiger charge is -2.06. The van der Waals surface area contributed by atoms with Crippen LogP contribution in [0.2, 0.25) is 0 Å². The summed E-state index contributed by atoms with van der Waals surface area (Å²) >= 11 is 1.28. The number of carbonyl (C=O) groups is 1. The van der Waals surface area contributed by atoms with Crippen molar-refractivity contribution in [3.05, 3.63) is 59.5 Å². The summed E-state index contributed by atoms with van der Waals surface area (Å²) in [5.41, 5.74) is 2.79. The number of hydrogen-bond donors (Lipinski definition) is 2. The number of carbonyl (C=O) groups excluding carboxylic acids is 1. The number of nitriles is 1. The molecule has 3 aromatic rings. The first-order chi connectivity index (χ1) is 14.3. The summed E-state index contributed by atoms with van der Waals surface area (Å²) in [6, 6.07) is 15.8. The molecule has 0 aliphatic heterocycles. The average molecular weight is 443 g/mol. The Morgan fingerprint density at radius 2 is 1.87 bits per heavy atom. The van der Waals surface area contributed by atoms with Crippen LogP contribution in [-0.4, -0.2) is 32.2 Å². The second-order valence-corrected chi connectivity index (χ2v) is 8.91. The number of benzene rings is 2. The summed E-state index contributed by atoms with van der Waals surface area (Å²) in [4.78, 5) is 16.5. The van der Waals surface area contributed by atoms with Gasteiger partial charge in [0.15, 0.2) is 11.7 Å². The highest BCUT2D eigenvalue weighted by atomic mass is 32.2. The first-order valence-electron chi connectivity index (χ1n) is 8.75. The van der Waals surface area contributed by atoms with Gasteiger partial charge in [-0.25, -0.2) is 13.4 Å². The molecule has 0 spiro atoms. The molecule has 1 amide bonds. The fourth-order valence-electron chi connectivity index (χ4n) is 2.49. The van der Waals surface area contributed by atoms with Gasteiger partial charge in [-0.15, -0.1) is 11.3 Å². The van der Waals surface area contributed by atoms with Crippen LogP contribution in [0, 0.1) is 11.3 Å². The molecular weight excluding hydrogens is 424 g/mol. The van der Waals surface area contributed by atoms with Crippen molar-refractivity contribution in [1.82, 2.24) is 4.98 Å². The van der Waals surface area contributed by atoms with E-state index in [4.69, 9.17) is 10.00 Å². The Bertz CT molecular complexity index is 1160. The Labute approximate surface area is 178 Å². The van der Waals surface area contributed by atoms with Crippen molar-refractivity contribution in [2.24, 2.45) is 0 Å². The molecule has 0 saturated carbocycles. The molecule has 0 radical (unpaired) electrons. The van der Waals surface area contributed by atoms with Gasteiger partial charge in [0, 0.05) is 16.6 Å². The molecule has 1 aromatic heterocycles. The van der Waals surface area contributed by atoms with Gasteiger partial charge < -0.3 is 4.74 Å². The highest BCUT2D eigenvalue weighted by Crippen LogP contribution is 2.26. The quantitative estimate of drug-likeness (QED) is 0.552. The monoisotopic (exact) mass is 442 g/mol. The molecule has 8 nitrogen and oxygen atoms in total. The molecule has 0 unspecified atom stereocenters. The molecule has 1 heterocycles. The predicted molar refractivity (Wildman–Crippen MR) is 116 cm³/mol. The van der Waals surface area contributed by atoms with Gasteiger partial charge in [-0.05, 0) is 29.8 Å². The minimum absolute atomic E-state index is 0.168. The van der Waals surface area contributed by atoms with Crippen LogP contribution >= 0.6 is 11.3 Å². The second kappa shape index (κ2) is 9.39. The second-order valence-electron chi connectivity index (χ2n) is 6.31. The van der Waals surface area contributed by atoms with E-state index in [1.807, 2.05) is 0 Å². The number of nitrogens with one attached hydrogen (secondary N) is 2. The van der Waals surface area contributed by atoms with Crippen LogP contribution < -0.4 is 14.8 Å². The molecule has 2 aromatic carbocycles. The van der Waals surface area contributed by atoms with Crippen molar-refractivity contribution in [3.8, 4) is 23.1 Å². The molecule has 0 saturated heterocycles. The van der Waals surface area contributed by atoms with E-state index < -0.39 is 10.0 Å². The maximum atomic E-state index is 12.1. The van der Waals surface area contributed by atoms with Crippen molar-refractivity contribution in [1.29, 1.82) is 5.26 Å². The number of sulfonamides is 1. The van der Waals surface area contributed by atoms with E-state index in [0.29, 0.717) is 28.7 Å². The third-order valence-corrected chi connectivity index (χ3v) is 5.18. The predicted octanol–water partition coefficient (Wildman–Crippen LogP) is 3.27. The highest BCUT2D eigenvalue weighted by molar-refractivity contribution is 7.92. The largest absolute Gasteiger partial charge is 0.484 e. The molecule has 154 valence electrons.